The van der Waals surface area contributed by atoms with E-state index in [1.165, 1.54) is 23.8 Å². The maximum Gasteiger partial charge on any atom is 0.270 e. The molecule has 1 saturated heterocycles. The molecular weight excluding hydrogens is 421 g/mol. The van der Waals surface area contributed by atoms with E-state index in [9.17, 15) is 4.79 Å². The summed E-state index contributed by atoms with van der Waals surface area (Å²) in [6, 6.07) is 10.1. The normalized spacial score (nSPS) is 16.0. The fourth-order valence-electron chi connectivity index (χ4n) is 2.24. The summed E-state index contributed by atoms with van der Waals surface area (Å²) in [6.07, 6.45) is 1.70. The number of nitrogens with zero attached hydrogens (tertiary/aromatic N) is 1. The first-order valence-electron chi connectivity index (χ1n) is 6.97. The number of ether oxygens (including phenoxy) is 1. The predicted octanol–water partition coefficient (Wildman–Crippen LogP) is 6.06. The van der Waals surface area contributed by atoms with Gasteiger partial charge < -0.3 is 4.74 Å². The average molecular weight is 431 g/mol. The number of amides is 1. The first-order chi connectivity index (χ1) is 11.9. The quantitative estimate of drug-likeness (QED) is 0.437. The summed E-state index contributed by atoms with van der Waals surface area (Å²) < 4.78 is 5.55. The smallest absolute Gasteiger partial charge is 0.270 e. The summed E-state index contributed by atoms with van der Waals surface area (Å²) in [4.78, 5) is 14.7. The number of rotatable bonds is 3. The molecule has 1 aliphatic heterocycles. The van der Waals surface area contributed by atoms with Crippen molar-refractivity contribution in [3.63, 3.8) is 0 Å². The molecule has 128 valence electrons. The van der Waals surface area contributed by atoms with E-state index in [2.05, 4.69) is 0 Å². The second kappa shape index (κ2) is 7.56. The molecule has 0 aliphatic carbocycles. The van der Waals surface area contributed by atoms with Crippen LogP contribution in [0.15, 0.2) is 41.3 Å². The molecule has 1 aliphatic rings. The highest BCUT2D eigenvalue weighted by Gasteiger charge is 2.33. The van der Waals surface area contributed by atoms with Gasteiger partial charge in [-0.25, -0.2) is 0 Å². The van der Waals surface area contributed by atoms with E-state index in [4.69, 9.17) is 51.8 Å². The number of thiocarbonyl (C=S) groups is 1. The molecule has 25 heavy (non-hydrogen) atoms. The standard InChI is InChI=1S/C17H10Cl3NO2S2/c1-23-14-5-4-11(8-13(14)20)21-16(22)15(25-17(21)24)6-9-2-3-10(18)7-12(9)19/h2-8H,1H3/b15-6+. The molecule has 1 fully saturated rings. The molecule has 0 bridgehead atoms. The van der Waals surface area contributed by atoms with Crippen molar-refractivity contribution in [3.05, 3.63) is 61.9 Å². The highest BCUT2D eigenvalue weighted by Crippen LogP contribution is 2.39. The topological polar surface area (TPSA) is 29.5 Å². The van der Waals surface area contributed by atoms with Crippen LogP contribution in [-0.2, 0) is 4.79 Å². The van der Waals surface area contributed by atoms with Crippen LogP contribution >= 0.6 is 58.8 Å². The van der Waals surface area contributed by atoms with Gasteiger partial charge in [0.1, 0.15) is 5.75 Å². The van der Waals surface area contributed by atoms with E-state index in [-0.39, 0.29) is 5.91 Å². The van der Waals surface area contributed by atoms with Gasteiger partial charge in [0, 0.05) is 10.0 Å². The van der Waals surface area contributed by atoms with Crippen LogP contribution in [0.1, 0.15) is 5.56 Å². The van der Waals surface area contributed by atoms with Crippen LogP contribution in [-0.4, -0.2) is 17.3 Å². The Kier molecular flexibility index (Phi) is 5.61. The van der Waals surface area contributed by atoms with Gasteiger partial charge in [-0.3, -0.25) is 9.69 Å². The Balaban J connectivity index is 1.95. The largest absolute Gasteiger partial charge is 0.495 e. The minimum Gasteiger partial charge on any atom is -0.495 e. The Hall–Kier alpha value is -1.24. The Morgan fingerprint density at radius 3 is 2.52 bits per heavy atom. The molecule has 0 saturated carbocycles. The van der Waals surface area contributed by atoms with Crippen LogP contribution < -0.4 is 9.64 Å². The molecule has 3 rings (SSSR count). The number of halogens is 3. The van der Waals surface area contributed by atoms with E-state index in [0.717, 1.165) is 0 Å². The van der Waals surface area contributed by atoms with Crippen molar-refractivity contribution < 1.29 is 9.53 Å². The van der Waals surface area contributed by atoms with Gasteiger partial charge in [-0.15, -0.1) is 0 Å². The van der Waals surface area contributed by atoms with E-state index in [1.807, 2.05) is 0 Å². The number of carbonyl (C=O) groups excluding carboxylic acids is 1. The average Bonchev–Trinajstić information content (AvgIpc) is 2.84. The lowest BCUT2D eigenvalue weighted by molar-refractivity contribution is -0.113. The molecule has 0 spiro atoms. The molecule has 0 radical (unpaired) electrons. The maximum absolute atomic E-state index is 12.8. The van der Waals surface area contributed by atoms with E-state index < -0.39 is 0 Å². The van der Waals surface area contributed by atoms with Gasteiger partial charge in [0.2, 0.25) is 0 Å². The zero-order chi connectivity index (χ0) is 18.1. The summed E-state index contributed by atoms with van der Waals surface area (Å²) in [5, 5.41) is 1.40. The van der Waals surface area contributed by atoms with Gasteiger partial charge in [-0.2, -0.15) is 0 Å². The zero-order valence-corrected chi connectivity index (χ0v) is 16.7. The molecule has 1 heterocycles. The number of hydrogen-bond donors (Lipinski definition) is 0. The fraction of sp³-hybridized carbons (Fsp3) is 0.0588. The summed E-state index contributed by atoms with van der Waals surface area (Å²) >= 11 is 24.8. The van der Waals surface area contributed by atoms with Crippen molar-refractivity contribution >= 4 is 80.8 Å². The molecule has 1 amide bonds. The number of hydrogen-bond acceptors (Lipinski definition) is 4. The van der Waals surface area contributed by atoms with E-state index >= 15 is 0 Å². The lowest BCUT2D eigenvalue weighted by Crippen LogP contribution is -2.27. The third-order valence-corrected chi connectivity index (χ3v) is 5.60. The third kappa shape index (κ3) is 3.81. The minimum atomic E-state index is -0.234. The van der Waals surface area contributed by atoms with E-state index in [0.29, 0.717) is 41.3 Å². The van der Waals surface area contributed by atoms with Crippen molar-refractivity contribution in [1.29, 1.82) is 0 Å². The van der Waals surface area contributed by atoms with Gasteiger partial charge in [-0.05, 0) is 42.0 Å². The highest BCUT2D eigenvalue weighted by molar-refractivity contribution is 8.27. The second-order valence-electron chi connectivity index (χ2n) is 5.00. The lowest BCUT2D eigenvalue weighted by atomic mass is 10.2. The second-order valence-corrected chi connectivity index (χ2v) is 7.93. The van der Waals surface area contributed by atoms with Crippen molar-refractivity contribution in [2.45, 2.75) is 0 Å². The van der Waals surface area contributed by atoms with Crippen molar-refractivity contribution in [2.24, 2.45) is 0 Å². The van der Waals surface area contributed by atoms with Crippen LogP contribution in [0.3, 0.4) is 0 Å². The Morgan fingerprint density at radius 1 is 1.12 bits per heavy atom. The number of methoxy groups -OCH3 is 1. The molecule has 0 atom stereocenters. The van der Waals surface area contributed by atoms with Crippen LogP contribution in [0.2, 0.25) is 15.1 Å². The van der Waals surface area contributed by atoms with Crippen LogP contribution in [0, 0.1) is 0 Å². The number of anilines is 1. The SMILES string of the molecule is COc1ccc(N2C(=O)/C(=C\c3ccc(Cl)cc3Cl)SC2=S)cc1Cl. The summed E-state index contributed by atoms with van der Waals surface area (Å²) in [5.41, 5.74) is 1.28. The van der Waals surface area contributed by atoms with E-state index in [1.54, 1.807) is 42.5 Å². The Bertz CT molecular complexity index is 915. The summed E-state index contributed by atoms with van der Waals surface area (Å²) in [6.45, 7) is 0. The number of benzene rings is 2. The monoisotopic (exact) mass is 429 g/mol. The minimum absolute atomic E-state index is 0.234. The Morgan fingerprint density at radius 2 is 1.88 bits per heavy atom. The summed E-state index contributed by atoms with van der Waals surface area (Å²) in [7, 11) is 1.53. The number of carbonyl (C=O) groups is 1. The van der Waals surface area contributed by atoms with Gasteiger partial charge in [0.25, 0.3) is 5.91 Å². The van der Waals surface area contributed by atoms with Crippen molar-refractivity contribution in [1.82, 2.24) is 0 Å². The fourth-order valence-corrected chi connectivity index (χ4v) is 4.25. The van der Waals surface area contributed by atoms with Gasteiger partial charge in [0.15, 0.2) is 4.32 Å². The molecular formula is C17H10Cl3NO2S2. The third-order valence-electron chi connectivity index (χ3n) is 3.44. The Labute approximate surface area is 169 Å². The zero-order valence-electron chi connectivity index (χ0n) is 12.8. The van der Waals surface area contributed by atoms with Gasteiger partial charge in [-0.1, -0.05) is 64.8 Å². The summed E-state index contributed by atoms with van der Waals surface area (Å²) in [5.74, 6) is 0.293. The maximum atomic E-state index is 12.8. The highest BCUT2D eigenvalue weighted by atomic mass is 35.5. The van der Waals surface area contributed by atoms with Crippen molar-refractivity contribution in [2.75, 3.05) is 12.0 Å². The molecule has 3 nitrogen and oxygen atoms in total. The van der Waals surface area contributed by atoms with Gasteiger partial charge >= 0.3 is 0 Å². The predicted molar refractivity (Wildman–Crippen MR) is 110 cm³/mol. The molecule has 8 heteroatoms. The number of thioether (sulfide) groups is 1. The van der Waals surface area contributed by atoms with Crippen LogP contribution in [0.4, 0.5) is 5.69 Å². The van der Waals surface area contributed by atoms with Gasteiger partial charge in [0.05, 0.1) is 22.7 Å². The van der Waals surface area contributed by atoms with Crippen LogP contribution in [0.25, 0.3) is 6.08 Å². The molecule has 2 aromatic rings. The molecule has 0 unspecified atom stereocenters. The lowest BCUT2D eigenvalue weighted by Gasteiger charge is -2.15. The van der Waals surface area contributed by atoms with Crippen molar-refractivity contribution in [3.8, 4) is 5.75 Å². The molecule has 0 aromatic heterocycles. The molecule has 2 aromatic carbocycles. The first kappa shape index (κ1) is 18.5. The van der Waals surface area contributed by atoms with Crippen LogP contribution in [0.5, 0.6) is 5.75 Å². The first-order valence-corrected chi connectivity index (χ1v) is 9.33. The molecule has 0 N–H and O–H groups in total.